The quantitative estimate of drug-likeness (QED) is 0.306. The highest BCUT2D eigenvalue weighted by molar-refractivity contribution is 8.26. The Morgan fingerprint density at radius 2 is 1.80 bits per heavy atom. The molecule has 2 aromatic carbocycles. The molecule has 3 rings (SSSR count). The van der Waals surface area contributed by atoms with E-state index in [4.69, 9.17) is 26.4 Å². The molecule has 0 aromatic heterocycles. The number of thioether (sulfide) groups is 1. The molecule has 30 heavy (non-hydrogen) atoms. The van der Waals surface area contributed by atoms with Crippen molar-refractivity contribution < 1.29 is 19.0 Å². The van der Waals surface area contributed by atoms with Crippen LogP contribution in [-0.2, 0) is 4.79 Å². The lowest BCUT2D eigenvalue weighted by molar-refractivity contribution is -0.121. The lowest BCUT2D eigenvalue weighted by Gasteiger charge is -2.12. The largest absolute Gasteiger partial charge is 0.493 e. The van der Waals surface area contributed by atoms with Crippen LogP contribution >= 0.6 is 24.0 Å². The molecule has 7 heteroatoms. The maximum atomic E-state index is 12.4. The van der Waals surface area contributed by atoms with Gasteiger partial charge in [0.1, 0.15) is 10.1 Å². The van der Waals surface area contributed by atoms with Crippen LogP contribution in [0.15, 0.2) is 47.4 Å². The molecule has 1 aliphatic heterocycles. The van der Waals surface area contributed by atoms with Crippen molar-refractivity contribution in [2.45, 2.75) is 20.3 Å². The van der Waals surface area contributed by atoms with Gasteiger partial charge in [0.15, 0.2) is 11.5 Å². The van der Waals surface area contributed by atoms with E-state index < -0.39 is 0 Å². The van der Waals surface area contributed by atoms with Crippen molar-refractivity contribution in [1.82, 2.24) is 4.90 Å². The lowest BCUT2D eigenvalue weighted by atomic mass is 10.2. The van der Waals surface area contributed by atoms with Gasteiger partial charge in [-0.3, -0.25) is 9.69 Å². The van der Waals surface area contributed by atoms with E-state index in [0.717, 1.165) is 17.7 Å². The van der Waals surface area contributed by atoms with E-state index in [1.807, 2.05) is 62.4 Å². The zero-order chi connectivity index (χ0) is 21.5. The molecular formula is C23H25NO4S2. The molecule has 0 spiro atoms. The number of rotatable bonds is 9. The van der Waals surface area contributed by atoms with Crippen LogP contribution in [0, 0.1) is 6.92 Å². The molecule has 158 valence electrons. The van der Waals surface area contributed by atoms with Crippen molar-refractivity contribution in [2.75, 3.05) is 26.9 Å². The van der Waals surface area contributed by atoms with Crippen LogP contribution < -0.4 is 14.2 Å². The smallest absolute Gasteiger partial charge is 0.266 e. The van der Waals surface area contributed by atoms with Crippen molar-refractivity contribution in [1.29, 1.82) is 0 Å². The number of nitrogens with zero attached hydrogens (tertiary/aromatic N) is 1. The summed E-state index contributed by atoms with van der Waals surface area (Å²) in [5.74, 6) is 2.08. The van der Waals surface area contributed by atoms with Crippen molar-refractivity contribution in [3.05, 3.63) is 58.5 Å². The molecule has 1 saturated heterocycles. The second kappa shape index (κ2) is 10.5. The van der Waals surface area contributed by atoms with E-state index in [1.54, 1.807) is 12.0 Å². The molecule has 0 bridgehead atoms. The van der Waals surface area contributed by atoms with Crippen LogP contribution in [0.2, 0.25) is 0 Å². The van der Waals surface area contributed by atoms with E-state index in [9.17, 15) is 4.79 Å². The summed E-state index contributed by atoms with van der Waals surface area (Å²) in [4.78, 5) is 14.6. The molecule has 1 aliphatic rings. The first-order valence-corrected chi connectivity index (χ1v) is 11.0. The number of carbonyl (C=O) groups is 1. The van der Waals surface area contributed by atoms with Crippen LogP contribution in [0.25, 0.3) is 6.08 Å². The van der Waals surface area contributed by atoms with Crippen LogP contribution in [-0.4, -0.2) is 42.0 Å². The van der Waals surface area contributed by atoms with Gasteiger partial charge in [0, 0.05) is 13.0 Å². The first-order valence-electron chi connectivity index (χ1n) is 9.77. The summed E-state index contributed by atoms with van der Waals surface area (Å²) >= 11 is 6.58. The van der Waals surface area contributed by atoms with E-state index in [-0.39, 0.29) is 5.91 Å². The fourth-order valence-electron chi connectivity index (χ4n) is 2.88. The summed E-state index contributed by atoms with van der Waals surface area (Å²) in [5.41, 5.74) is 2.07. The maximum Gasteiger partial charge on any atom is 0.266 e. The SMILES string of the molecule is CCN1C(=O)/C(=C\c2ccc(OCCCOc3ccc(C)cc3)c(OC)c2)SC1=S. The number of benzene rings is 2. The Balaban J connectivity index is 1.55. The molecular weight excluding hydrogens is 418 g/mol. The van der Waals surface area contributed by atoms with Gasteiger partial charge in [-0.25, -0.2) is 0 Å². The first-order chi connectivity index (χ1) is 14.5. The van der Waals surface area contributed by atoms with E-state index in [0.29, 0.717) is 40.5 Å². The summed E-state index contributed by atoms with van der Waals surface area (Å²) in [6.07, 6.45) is 2.58. The third kappa shape index (κ3) is 5.55. The van der Waals surface area contributed by atoms with E-state index in [1.165, 1.54) is 17.3 Å². The number of aryl methyl sites for hydroxylation is 1. The van der Waals surface area contributed by atoms with Gasteiger partial charge in [0.25, 0.3) is 5.91 Å². The van der Waals surface area contributed by atoms with Gasteiger partial charge in [0.2, 0.25) is 0 Å². The molecule has 2 aromatic rings. The Hall–Kier alpha value is -2.51. The summed E-state index contributed by atoms with van der Waals surface area (Å²) in [6.45, 7) is 5.62. The molecule has 0 saturated carbocycles. The number of hydrogen-bond acceptors (Lipinski definition) is 6. The Bertz CT molecular complexity index is 941. The van der Waals surface area contributed by atoms with Crippen LogP contribution in [0.4, 0.5) is 0 Å². The van der Waals surface area contributed by atoms with Gasteiger partial charge < -0.3 is 14.2 Å². The zero-order valence-electron chi connectivity index (χ0n) is 17.3. The van der Waals surface area contributed by atoms with Crippen LogP contribution in [0.1, 0.15) is 24.5 Å². The molecule has 0 radical (unpaired) electrons. The molecule has 0 unspecified atom stereocenters. The minimum absolute atomic E-state index is 0.0552. The zero-order valence-corrected chi connectivity index (χ0v) is 19.0. The molecule has 0 atom stereocenters. The Morgan fingerprint density at radius 1 is 1.07 bits per heavy atom. The molecule has 5 nitrogen and oxygen atoms in total. The van der Waals surface area contributed by atoms with Crippen molar-refractivity contribution in [3.8, 4) is 17.2 Å². The Labute approximate surface area is 187 Å². The number of likely N-dealkylation sites (N-methyl/N-ethyl adjacent to an activating group) is 1. The van der Waals surface area contributed by atoms with E-state index >= 15 is 0 Å². The van der Waals surface area contributed by atoms with Gasteiger partial charge in [0.05, 0.1) is 25.2 Å². The highest BCUT2D eigenvalue weighted by Crippen LogP contribution is 2.34. The average Bonchev–Trinajstić information content (AvgIpc) is 3.02. The highest BCUT2D eigenvalue weighted by Gasteiger charge is 2.30. The molecule has 1 heterocycles. The number of methoxy groups -OCH3 is 1. The van der Waals surface area contributed by atoms with E-state index in [2.05, 4.69) is 0 Å². The van der Waals surface area contributed by atoms with Gasteiger partial charge in [-0.05, 0) is 49.8 Å². The number of thiocarbonyl (C=S) groups is 1. The normalized spacial score (nSPS) is 15.0. The monoisotopic (exact) mass is 443 g/mol. The van der Waals surface area contributed by atoms with Gasteiger partial charge >= 0.3 is 0 Å². The highest BCUT2D eigenvalue weighted by atomic mass is 32.2. The summed E-state index contributed by atoms with van der Waals surface area (Å²) in [6, 6.07) is 13.6. The van der Waals surface area contributed by atoms with Gasteiger partial charge in [-0.2, -0.15) is 0 Å². The first kappa shape index (κ1) is 22.2. The molecule has 1 amide bonds. The topological polar surface area (TPSA) is 48.0 Å². The molecule has 0 N–H and O–H groups in total. The minimum atomic E-state index is -0.0552. The Kier molecular flexibility index (Phi) is 7.76. The molecule has 0 aliphatic carbocycles. The second-order valence-corrected chi connectivity index (χ2v) is 8.38. The third-order valence-electron chi connectivity index (χ3n) is 4.51. The number of ether oxygens (including phenoxy) is 3. The summed E-state index contributed by atoms with van der Waals surface area (Å²) < 4.78 is 17.6. The fourth-order valence-corrected chi connectivity index (χ4v) is 4.27. The Morgan fingerprint density at radius 3 is 2.47 bits per heavy atom. The van der Waals surface area contributed by atoms with Gasteiger partial charge in [-0.1, -0.05) is 47.7 Å². The predicted molar refractivity (Wildman–Crippen MR) is 125 cm³/mol. The maximum absolute atomic E-state index is 12.4. The number of carbonyl (C=O) groups excluding carboxylic acids is 1. The minimum Gasteiger partial charge on any atom is -0.493 e. The van der Waals surface area contributed by atoms with Crippen molar-refractivity contribution in [2.24, 2.45) is 0 Å². The van der Waals surface area contributed by atoms with Gasteiger partial charge in [-0.15, -0.1) is 0 Å². The lowest BCUT2D eigenvalue weighted by Crippen LogP contribution is -2.27. The third-order valence-corrected chi connectivity index (χ3v) is 5.89. The van der Waals surface area contributed by atoms with Crippen LogP contribution in [0.3, 0.4) is 0 Å². The standard InChI is InChI=1S/C23H25NO4S2/c1-4-24-22(25)21(30-23(24)29)15-17-8-11-19(20(14-17)26-3)28-13-5-12-27-18-9-6-16(2)7-10-18/h6-11,14-15H,4-5,12-13H2,1-3H3/b21-15+. The summed E-state index contributed by atoms with van der Waals surface area (Å²) in [5, 5.41) is 0. The molecule has 1 fully saturated rings. The average molecular weight is 444 g/mol. The van der Waals surface area contributed by atoms with Crippen molar-refractivity contribution in [3.63, 3.8) is 0 Å². The fraction of sp³-hybridized carbons (Fsp3) is 0.304. The predicted octanol–water partition coefficient (Wildman–Crippen LogP) is 5.07. The number of amides is 1. The second-order valence-electron chi connectivity index (χ2n) is 6.70. The number of hydrogen-bond donors (Lipinski definition) is 0. The summed E-state index contributed by atoms with van der Waals surface area (Å²) in [7, 11) is 1.60. The van der Waals surface area contributed by atoms with Crippen molar-refractivity contribution >= 4 is 40.3 Å². The van der Waals surface area contributed by atoms with Crippen LogP contribution in [0.5, 0.6) is 17.2 Å².